The highest BCUT2D eigenvalue weighted by atomic mass is 79.9. The van der Waals surface area contributed by atoms with E-state index in [0.29, 0.717) is 10.0 Å². The molecule has 0 bridgehead atoms. The van der Waals surface area contributed by atoms with Crippen molar-refractivity contribution in [3.05, 3.63) is 28.2 Å². The lowest BCUT2D eigenvalue weighted by Crippen LogP contribution is -2.27. The number of carbonyl (C=O) groups is 2. The Kier molecular flexibility index (Phi) is 6.64. The molecule has 0 aliphatic rings. The average Bonchev–Trinajstić information content (AvgIpc) is 2.43. The highest BCUT2D eigenvalue weighted by molar-refractivity contribution is 9.10. The van der Waals surface area contributed by atoms with Crippen LogP contribution in [0.15, 0.2) is 22.7 Å². The molecule has 0 spiro atoms. The molecule has 1 aromatic rings. The monoisotopic (exact) mass is 346 g/mol. The van der Waals surface area contributed by atoms with Gasteiger partial charge in [0.1, 0.15) is 5.75 Å². The first kappa shape index (κ1) is 16.6. The Labute approximate surface area is 125 Å². The summed E-state index contributed by atoms with van der Waals surface area (Å²) in [4.78, 5) is 22.9. The molecule has 20 heavy (non-hydrogen) atoms. The Hall–Kier alpha value is -1.43. The minimum atomic E-state index is -1.17. The fraction of sp³-hybridized carbons (Fsp3) is 0.429. The van der Waals surface area contributed by atoms with Crippen LogP contribution in [0.2, 0.25) is 0 Å². The molecule has 0 fully saturated rings. The number of hydrogen-bond acceptors (Lipinski definition) is 3. The molecule has 0 amide bonds. The van der Waals surface area contributed by atoms with Crippen LogP contribution in [0.1, 0.15) is 36.5 Å². The van der Waals surface area contributed by atoms with Crippen LogP contribution in [0.5, 0.6) is 5.75 Å². The van der Waals surface area contributed by atoms with Crippen LogP contribution in [0.25, 0.3) is 0 Å². The summed E-state index contributed by atoms with van der Waals surface area (Å²) in [7, 11) is 0. The lowest BCUT2D eigenvalue weighted by molar-refractivity contribution is -0.145. The minimum absolute atomic E-state index is 0.0572. The Morgan fingerprint density at radius 2 is 2.15 bits per heavy atom. The summed E-state index contributed by atoms with van der Waals surface area (Å²) in [6.45, 7) is 1.11. The zero-order valence-corrected chi connectivity index (χ0v) is 12.7. The van der Waals surface area contributed by atoms with Gasteiger partial charge in [-0.05, 0) is 31.0 Å². The van der Waals surface area contributed by atoms with E-state index in [2.05, 4.69) is 15.9 Å². The molecule has 1 rings (SSSR count). The molecule has 0 heterocycles. The van der Waals surface area contributed by atoms with E-state index in [0.717, 1.165) is 0 Å². The molecule has 0 saturated carbocycles. The number of carboxylic acid groups (broad SMARTS) is 1. The topological polar surface area (TPSA) is 63.6 Å². The number of rotatable bonds is 8. The van der Waals surface area contributed by atoms with Crippen molar-refractivity contribution in [2.24, 2.45) is 0 Å². The molecule has 6 heteroatoms. The maximum Gasteiger partial charge on any atom is 0.344 e. The summed E-state index contributed by atoms with van der Waals surface area (Å²) in [6, 6.07) is 4.80. The number of carboxylic acids is 1. The maximum absolute atomic E-state index is 12.2. The van der Waals surface area contributed by atoms with Crippen molar-refractivity contribution in [2.45, 2.75) is 32.3 Å². The van der Waals surface area contributed by atoms with Gasteiger partial charge in [0.05, 0.1) is 12.2 Å². The van der Waals surface area contributed by atoms with Gasteiger partial charge >= 0.3 is 5.97 Å². The molecule has 1 unspecified atom stereocenters. The van der Waals surface area contributed by atoms with Crippen molar-refractivity contribution >= 4 is 27.7 Å². The second-order valence-corrected chi connectivity index (χ2v) is 5.11. The number of carbonyl (C=O) groups excluding carboxylic acids is 1. The van der Waals surface area contributed by atoms with Gasteiger partial charge in [0.2, 0.25) is 0 Å². The SMILES string of the molecule is CCC(=O)c1cc(Br)ccc1OC(CCCF)C(=O)O. The number of ketones is 1. The third-order valence-electron chi connectivity index (χ3n) is 2.71. The van der Waals surface area contributed by atoms with Gasteiger partial charge in [-0.2, -0.15) is 0 Å². The number of halogens is 2. The summed E-state index contributed by atoms with van der Waals surface area (Å²) in [6.07, 6.45) is -0.711. The summed E-state index contributed by atoms with van der Waals surface area (Å²) in [5.74, 6) is -1.10. The number of hydrogen-bond donors (Lipinski definition) is 1. The summed E-state index contributed by atoms with van der Waals surface area (Å²) in [5.41, 5.74) is 0.327. The maximum atomic E-state index is 12.2. The van der Waals surface area contributed by atoms with Crippen molar-refractivity contribution in [3.63, 3.8) is 0 Å². The highest BCUT2D eigenvalue weighted by Crippen LogP contribution is 2.26. The van der Waals surface area contributed by atoms with Crippen molar-refractivity contribution in [1.29, 1.82) is 0 Å². The predicted molar refractivity (Wildman–Crippen MR) is 76.0 cm³/mol. The van der Waals surface area contributed by atoms with Gasteiger partial charge < -0.3 is 9.84 Å². The lowest BCUT2D eigenvalue weighted by atomic mass is 10.1. The number of alkyl halides is 1. The van der Waals surface area contributed by atoms with Crippen LogP contribution in [-0.2, 0) is 4.79 Å². The van der Waals surface area contributed by atoms with Gasteiger partial charge in [-0.25, -0.2) is 4.79 Å². The highest BCUT2D eigenvalue weighted by Gasteiger charge is 2.22. The Balaban J connectivity index is 2.99. The standard InChI is InChI=1S/C14H16BrFO4/c1-2-11(17)10-8-9(15)5-6-12(10)20-13(14(18)19)4-3-7-16/h5-6,8,13H,2-4,7H2,1H3,(H,18,19). The number of benzene rings is 1. The van der Waals surface area contributed by atoms with E-state index < -0.39 is 18.7 Å². The molecule has 1 atom stereocenters. The van der Waals surface area contributed by atoms with Gasteiger partial charge in [0.25, 0.3) is 0 Å². The Morgan fingerprint density at radius 3 is 2.70 bits per heavy atom. The second-order valence-electron chi connectivity index (χ2n) is 4.19. The molecule has 110 valence electrons. The largest absolute Gasteiger partial charge is 0.479 e. The van der Waals surface area contributed by atoms with E-state index in [9.17, 15) is 14.0 Å². The van der Waals surface area contributed by atoms with E-state index in [4.69, 9.17) is 9.84 Å². The molecule has 1 N–H and O–H groups in total. The quantitative estimate of drug-likeness (QED) is 0.730. The van der Waals surface area contributed by atoms with Crippen molar-refractivity contribution in [3.8, 4) is 5.75 Å². The van der Waals surface area contributed by atoms with Crippen LogP contribution in [0, 0.1) is 0 Å². The molecule has 0 aliphatic heterocycles. The van der Waals surface area contributed by atoms with Gasteiger partial charge in [-0.3, -0.25) is 9.18 Å². The molecule has 4 nitrogen and oxygen atoms in total. The summed E-state index contributed by atoms with van der Waals surface area (Å²) >= 11 is 3.26. The van der Waals surface area contributed by atoms with E-state index in [1.807, 2.05) is 0 Å². The van der Waals surface area contributed by atoms with Gasteiger partial charge in [-0.1, -0.05) is 22.9 Å². The zero-order valence-electron chi connectivity index (χ0n) is 11.1. The first-order valence-corrected chi connectivity index (χ1v) is 7.07. The van der Waals surface area contributed by atoms with Crippen molar-refractivity contribution in [1.82, 2.24) is 0 Å². The van der Waals surface area contributed by atoms with E-state index in [-0.39, 0.29) is 30.8 Å². The molecular formula is C14H16BrFO4. The molecular weight excluding hydrogens is 331 g/mol. The number of Topliss-reactive ketones (excluding diaryl/α,β-unsaturated/α-hetero) is 1. The first-order valence-electron chi connectivity index (χ1n) is 6.27. The van der Waals surface area contributed by atoms with Crippen molar-refractivity contribution in [2.75, 3.05) is 6.67 Å². The van der Waals surface area contributed by atoms with Gasteiger partial charge in [-0.15, -0.1) is 0 Å². The van der Waals surface area contributed by atoms with E-state index in [1.165, 1.54) is 0 Å². The smallest absolute Gasteiger partial charge is 0.344 e. The zero-order chi connectivity index (χ0) is 15.1. The van der Waals surface area contributed by atoms with Crippen LogP contribution in [0.4, 0.5) is 4.39 Å². The Morgan fingerprint density at radius 1 is 1.45 bits per heavy atom. The minimum Gasteiger partial charge on any atom is -0.479 e. The number of aliphatic carboxylic acids is 1. The van der Waals surface area contributed by atoms with Crippen LogP contribution in [-0.4, -0.2) is 29.6 Å². The molecule has 1 aromatic carbocycles. The van der Waals surface area contributed by atoms with Gasteiger partial charge in [0, 0.05) is 10.9 Å². The van der Waals surface area contributed by atoms with Crippen molar-refractivity contribution < 1.29 is 23.8 Å². The molecule has 0 radical (unpaired) electrons. The van der Waals surface area contributed by atoms with Gasteiger partial charge in [0.15, 0.2) is 11.9 Å². The van der Waals surface area contributed by atoms with Crippen LogP contribution < -0.4 is 4.74 Å². The average molecular weight is 347 g/mol. The first-order chi connectivity index (χ1) is 9.49. The fourth-order valence-electron chi connectivity index (χ4n) is 1.66. The lowest BCUT2D eigenvalue weighted by Gasteiger charge is -2.17. The summed E-state index contributed by atoms with van der Waals surface area (Å²) < 4.78 is 18.2. The third kappa shape index (κ3) is 4.59. The summed E-state index contributed by atoms with van der Waals surface area (Å²) in [5, 5.41) is 9.06. The predicted octanol–water partition coefficient (Wildman–Crippen LogP) is 3.62. The molecule has 0 aromatic heterocycles. The van der Waals surface area contributed by atoms with E-state index >= 15 is 0 Å². The molecule has 0 saturated heterocycles. The number of ether oxygens (including phenoxy) is 1. The molecule has 0 aliphatic carbocycles. The van der Waals surface area contributed by atoms with E-state index in [1.54, 1.807) is 25.1 Å². The fourth-order valence-corrected chi connectivity index (χ4v) is 2.02. The second kappa shape index (κ2) is 7.99. The Bertz CT molecular complexity index is 490. The van der Waals surface area contributed by atoms with Crippen LogP contribution >= 0.6 is 15.9 Å². The van der Waals surface area contributed by atoms with Crippen LogP contribution in [0.3, 0.4) is 0 Å². The third-order valence-corrected chi connectivity index (χ3v) is 3.20. The normalized spacial score (nSPS) is 11.9.